The van der Waals surface area contributed by atoms with Crippen molar-refractivity contribution in [2.75, 3.05) is 0 Å². The molecule has 0 nitrogen and oxygen atoms in total. The summed E-state index contributed by atoms with van der Waals surface area (Å²) in [5, 5.41) is 0. The van der Waals surface area contributed by atoms with E-state index in [1.54, 1.807) is 27.4 Å². The molecule has 0 N–H and O–H groups in total. The maximum absolute atomic E-state index is 3.53. The summed E-state index contributed by atoms with van der Waals surface area (Å²) in [6, 6.07) is 42.6. The molecule has 0 saturated heterocycles. The molecule has 5 aromatic rings. The van der Waals surface area contributed by atoms with Crippen molar-refractivity contribution in [2.24, 2.45) is 0 Å². The number of fused-ring (bicyclic) bond motifs is 3. The van der Waals surface area contributed by atoms with Crippen LogP contribution >= 0.6 is 45.2 Å². The molecule has 0 amide bonds. The topological polar surface area (TPSA) is 0 Å². The Bertz CT molecular complexity index is 1560. The monoisotopic (exact) mass is 948 g/mol. The van der Waals surface area contributed by atoms with Crippen LogP contribution in [0.5, 0.6) is 0 Å². The molecule has 0 radical (unpaired) electrons. The van der Waals surface area contributed by atoms with Gasteiger partial charge in [-0.15, -0.1) is 5.56 Å². The van der Waals surface area contributed by atoms with Crippen LogP contribution < -0.4 is 24.8 Å². The fraction of sp³-hybridized carbons (Fsp3) is 0.268. The fourth-order valence-electron chi connectivity index (χ4n) is 5.15. The number of halogens is 4. The molecule has 6 rings (SSSR count). The zero-order valence-electron chi connectivity index (χ0n) is 27.5. The predicted molar refractivity (Wildman–Crippen MR) is 204 cm³/mol. The SMILES string of the molecule is CC(C)(C)c1c[c-]c2c(c1)-c1cc(C(C)(C)C)ccc1C2.[Cl-].[Cl-].[Zr+2]=[C](Cc1cccc(I)c1)Cc1cccc(I)c1.c1cc[cH-]c1. The van der Waals surface area contributed by atoms with Gasteiger partial charge in [-0.2, -0.15) is 47.5 Å². The van der Waals surface area contributed by atoms with Gasteiger partial charge in [0.2, 0.25) is 0 Å². The first-order valence-corrected chi connectivity index (χ1v) is 18.6. The zero-order chi connectivity index (χ0) is 31.9. The zero-order valence-corrected chi connectivity index (χ0v) is 35.8. The number of hydrogen-bond donors (Lipinski definition) is 0. The van der Waals surface area contributed by atoms with Gasteiger partial charge >= 0.3 is 152 Å². The summed E-state index contributed by atoms with van der Waals surface area (Å²) in [6.07, 6.45) is 3.25. The average molecular weight is 951 g/mol. The summed E-state index contributed by atoms with van der Waals surface area (Å²) in [5.74, 6) is 0. The van der Waals surface area contributed by atoms with Gasteiger partial charge < -0.3 is 24.8 Å². The van der Waals surface area contributed by atoms with Gasteiger partial charge in [-0.05, 0) is 17.4 Å². The normalized spacial score (nSPS) is 11.3. The summed E-state index contributed by atoms with van der Waals surface area (Å²) in [7, 11) is 0. The smallest absolute Gasteiger partial charge is 0.172 e. The van der Waals surface area contributed by atoms with Gasteiger partial charge in [-0.25, -0.2) is 12.1 Å². The van der Waals surface area contributed by atoms with Gasteiger partial charge in [0.15, 0.2) is 0 Å². The molecule has 1 aliphatic carbocycles. The average Bonchev–Trinajstić information content (AvgIpc) is 3.64. The van der Waals surface area contributed by atoms with E-state index in [1.807, 2.05) is 30.3 Å². The van der Waals surface area contributed by atoms with E-state index in [4.69, 9.17) is 0 Å². The number of hydrogen-bond acceptors (Lipinski definition) is 0. The first kappa shape index (κ1) is 41.2. The molecule has 0 aliphatic heterocycles. The standard InChI is InChI=1S/C21H25.C15H12I2.C5H5.2ClH.Zr/c1-20(2,3)16-9-7-14-11-15-8-10-17(21(4,5)6)13-19(15)18(14)12-16;16-14-8-2-6-12(10-14)4-1-5-13-7-3-9-15(17)11-13;1-2-4-5-3-1;;;/h7,9-10,12-13H,11H2,1-6H3;2-3,6-11H,4-5H2;1-5H;2*1H;/q-1;;-1;;;+2/p-2. The van der Waals surface area contributed by atoms with Gasteiger partial charge in [0.05, 0.1) is 0 Å². The van der Waals surface area contributed by atoms with E-state index < -0.39 is 0 Å². The summed E-state index contributed by atoms with van der Waals surface area (Å²) in [6.45, 7) is 13.6. The van der Waals surface area contributed by atoms with Crippen LogP contribution in [-0.2, 0) is 54.3 Å². The van der Waals surface area contributed by atoms with Crippen molar-refractivity contribution in [2.45, 2.75) is 71.6 Å². The second kappa shape index (κ2) is 18.7. The van der Waals surface area contributed by atoms with E-state index >= 15 is 0 Å². The second-order valence-electron chi connectivity index (χ2n) is 13.5. The molecule has 0 aromatic heterocycles. The Morgan fingerprint density at radius 3 is 1.67 bits per heavy atom. The van der Waals surface area contributed by atoms with Crippen molar-refractivity contribution >= 4 is 48.4 Å². The Labute approximate surface area is 332 Å². The van der Waals surface area contributed by atoms with Crippen LogP contribution in [0.3, 0.4) is 0 Å². The molecule has 0 fully saturated rings. The molecule has 0 heterocycles. The van der Waals surface area contributed by atoms with E-state index in [-0.39, 0.29) is 35.6 Å². The van der Waals surface area contributed by atoms with E-state index in [0.717, 1.165) is 19.3 Å². The Hall–Kier alpha value is -0.977. The van der Waals surface area contributed by atoms with Gasteiger partial charge in [-0.3, -0.25) is 0 Å². The van der Waals surface area contributed by atoms with Crippen molar-refractivity contribution in [1.29, 1.82) is 0 Å². The molecule has 5 heteroatoms. The van der Waals surface area contributed by atoms with Gasteiger partial charge in [0.25, 0.3) is 0 Å². The third-order valence-electron chi connectivity index (χ3n) is 7.69. The molecule has 5 aromatic carbocycles. The summed E-state index contributed by atoms with van der Waals surface area (Å²) < 4.78 is 4.25. The first-order chi connectivity index (χ1) is 20.8. The Kier molecular flexibility index (Phi) is 16.7. The molecule has 240 valence electrons. The van der Waals surface area contributed by atoms with Crippen molar-refractivity contribution < 1.29 is 49.0 Å². The van der Waals surface area contributed by atoms with Crippen molar-refractivity contribution in [3.63, 3.8) is 0 Å². The number of rotatable bonds is 4. The molecule has 0 atom stereocenters. The minimum Gasteiger partial charge on any atom is -0.214 e. The molecular weight excluding hydrogens is 908 g/mol. The molecule has 46 heavy (non-hydrogen) atoms. The van der Waals surface area contributed by atoms with E-state index in [1.165, 1.54) is 51.6 Å². The van der Waals surface area contributed by atoms with Gasteiger partial charge in [0, 0.05) is 0 Å². The van der Waals surface area contributed by atoms with Crippen molar-refractivity contribution in [3.05, 3.63) is 156 Å². The maximum atomic E-state index is 3.53. The third-order valence-corrected chi connectivity index (χ3v) is 9.91. The minimum absolute atomic E-state index is 0. The second-order valence-corrected chi connectivity index (χ2v) is 17.7. The third kappa shape index (κ3) is 12.5. The van der Waals surface area contributed by atoms with Crippen LogP contribution in [0.25, 0.3) is 11.1 Å². The summed E-state index contributed by atoms with van der Waals surface area (Å²) in [5.41, 5.74) is 11.6. The Morgan fingerprint density at radius 1 is 0.696 bits per heavy atom. The quantitative estimate of drug-likeness (QED) is 0.163. The van der Waals surface area contributed by atoms with Crippen LogP contribution in [0.1, 0.15) is 74.9 Å². The largest absolute Gasteiger partial charge is 0.214 e. The van der Waals surface area contributed by atoms with Crippen LogP contribution in [0.2, 0.25) is 0 Å². The Morgan fingerprint density at radius 2 is 1.22 bits per heavy atom. The fourth-order valence-corrected chi connectivity index (χ4v) is 7.37. The predicted octanol–water partition coefficient (Wildman–Crippen LogP) is 5.47. The van der Waals surface area contributed by atoms with Crippen LogP contribution in [0.15, 0.2) is 109 Å². The molecule has 1 aliphatic rings. The van der Waals surface area contributed by atoms with E-state index in [9.17, 15) is 0 Å². The molecule has 0 spiro atoms. The van der Waals surface area contributed by atoms with Crippen LogP contribution in [0, 0.1) is 13.2 Å². The van der Waals surface area contributed by atoms with E-state index in [2.05, 4.69) is 172 Å². The Balaban J connectivity index is 0.000000270. The maximum Gasteiger partial charge on any atom is -0.172 e. The van der Waals surface area contributed by atoms with Crippen LogP contribution in [-0.4, -0.2) is 3.21 Å². The van der Waals surface area contributed by atoms with E-state index in [0.29, 0.717) is 0 Å². The van der Waals surface area contributed by atoms with Crippen LogP contribution in [0.4, 0.5) is 0 Å². The first-order valence-electron chi connectivity index (χ1n) is 15.2. The summed E-state index contributed by atoms with van der Waals surface area (Å²) in [4.78, 5) is 0. The molecular formula is C41H42Cl2I2Zr-2. The van der Waals surface area contributed by atoms with Crippen molar-refractivity contribution in [3.8, 4) is 11.1 Å². The number of benzene rings is 4. The minimum atomic E-state index is 0. The summed E-state index contributed by atoms with van der Waals surface area (Å²) >= 11 is 6.30. The molecule has 0 bridgehead atoms. The molecule has 0 saturated carbocycles. The van der Waals surface area contributed by atoms with Gasteiger partial charge in [-0.1, -0.05) is 76.3 Å². The molecule has 0 unspecified atom stereocenters. The van der Waals surface area contributed by atoms with Gasteiger partial charge in [0.1, 0.15) is 0 Å². The van der Waals surface area contributed by atoms with Crippen molar-refractivity contribution in [1.82, 2.24) is 0 Å².